The van der Waals surface area contributed by atoms with Crippen LogP contribution in [0.5, 0.6) is 17.2 Å². The number of phenolic OH excluding ortho intramolecular Hbond substituents is 3. The van der Waals surface area contributed by atoms with Crippen molar-refractivity contribution in [1.82, 2.24) is 21.3 Å². The molecule has 1 aliphatic carbocycles. The molecular formula is C63H94N4O15. The Balaban J connectivity index is 0.000000547. The molecule has 0 spiro atoms. The van der Waals surface area contributed by atoms with Gasteiger partial charge < -0.3 is 57.0 Å². The molecule has 19 heteroatoms. The maximum absolute atomic E-state index is 11.9. The lowest BCUT2D eigenvalue weighted by Gasteiger charge is -2.20. The predicted octanol–water partition coefficient (Wildman–Crippen LogP) is 11.5. The van der Waals surface area contributed by atoms with Gasteiger partial charge in [-0.1, -0.05) is 139 Å². The van der Waals surface area contributed by atoms with Crippen molar-refractivity contribution in [2.24, 2.45) is 5.92 Å². The van der Waals surface area contributed by atoms with Crippen molar-refractivity contribution >= 4 is 53.6 Å². The number of aliphatic carboxylic acids is 4. The van der Waals surface area contributed by atoms with Gasteiger partial charge in [0.1, 0.15) is 22.8 Å². The molecule has 0 aliphatic heterocycles. The fourth-order valence-corrected chi connectivity index (χ4v) is 8.69. The Hall–Kier alpha value is -7.44. The molecule has 4 amide bonds. The lowest BCUT2D eigenvalue weighted by Crippen LogP contribution is -2.32. The second kappa shape index (κ2) is 47.2. The summed E-state index contributed by atoms with van der Waals surface area (Å²) < 4.78 is 0. The minimum absolute atomic E-state index is 0.0195. The second-order valence-corrected chi connectivity index (χ2v) is 20.5. The number of carboxylic acids is 4. The van der Waals surface area contributed by atoms with Crippen LogP contribution in [-0.4, -0.2) is 109 Å². The quantitative estimate of drug-likeness (QED) is 0.0189. The van der Waals surface area contributed by atoms with E-state index in [9.17, 15) is 53.7 Å². The number of benzene rings is 3. The monoisotopic (exact) mass is 1150 g/mol. The molecule has 3 aromatic rings. The fraction of sp³-hybridized carbons (Fsp3) is 0.556. The number of hydrogen-bond donors (Lipinski definition) is 11. The van der Waals surface area contributed by atoms with Crippen LogP contribution in [0.2, 0.25) is 0 Å². The molecule has 0 unspecified atom stereocenters. The van der Waals surface area contributed by atoms with E-state index in [0.29, 0.717) is 38.0 Å². The summed E-state index contributed by atoms with van der Waals surface area (Å²) in [6, 6.07) is 18.5. The van der Waals surface area contributed by atoms with Crippen molar-refractivity contribution in [3.8, 4) is 17.2 Å². The van der Waals surface area contributed by atoms with Crippen LogP contribution in [0.3, 0.4) is 0 Å². The second-order valence-electron chi connectivity index (χ2n) is 20.5. The first-order chi connectivity index (χ1) is 39.4. The standard InChI is InChI=1S/C17H23NO4.C16H23NO3.C15H21NO5.C15H27NO3/c19-15-9-6-5-8-14(15)11-12-16(20)18-13-7-3-1-2-4-10-17(21)22;1-13-9-6-7-10-14(13)16(20)17-12-8-4-2-3-5-11-15(18)19;17-11-7-6-8-12(18)14(11)15(21)16-10-5-3-1-2-4-9-13(19)20;17-14(18)11-7-2-1-3-8-12-16-15(19)13-9-5-4-6-10-13/h5-6,8-9,11-12,19H,1-4,7,10,13H2,(H,18,20)(H,21,22);6-7,9-10H,2-5,8,11-12H2,1H3,(H,17,20)(H,18,19);6-8,17-18H,1-5,9-10H2,(H,16,21)(H,19,20);13H,1-12H2,(H,16,19)(H,17,18)/b12-11+;;;. The largest absolute Gasteiger partial charge is 0.507 e. The van der Waals surface area contributed by atoms with Crippen molar-refractivity contribution in [2.75, 3.05) is 26.2 Å². The molecule has 1 fully saturated rings. The molecule has 1 aliphatic rings. The van der Waals surface area contributed by atoms with E-state index in [1.807, 2.05) is 31.2 Å². The summed E-state index contributed by atoms with van der Waals surface area (Å²) in [5, 5.41) is 74.0. The summed E-state index contributed by atoms with van der Waals surface area (Å²) in [5.41, 5.74) is 2.21. The van der Waals surface area contributed by atoms with Gasteiger partial charge in [-0.3, -0.25) is 38.4 Å². The lowest BCUT2D eigenvalue weighted by atomic mass is 9.88. The van der Waals surface area contributed by atoms with E-state index in [2.05, 4.69) is 21.3 Å². The lowest BCUT2D eigenvalue weighted by molar-refractivity contribution is -0.138. The average Bonchev–Trinajstić information content (AvgIpc) is 3.49. The molecule has 0 aromatic heterocycles. The maximum Gasteiger partial charge on any atom is 0.303 e. The van der Waals surface area contributed by atoms with Crippen LogP contribution in [0.15, 0.2) is 72.8 Å². The zero-order valence-electron chi connectivity index (χ0n) is 48.3. The molecule has 0 saturated heterocycles. The summed E-state index contributed by atoms with van der Waals surface area (Å²) in [6.45, 7) is 4.42. The first-order valence-electron chi connectivity index (χ1n) is 29.4. The highest BCUT2D eigenvalue weighted by atomic mass is 16.4. The molecule has 82 heavy (non-hydrogen) atoms. The van der Waals surface area contributed by atoms with Gasteiger partial charge in [0, 0.05) is 75.0 Å². The van der Waals surface area contributed by atoms with E-state index >= 15 is 0 Å². The van der Waals surface area contributed by atoms with Crippen molar-refractivity contribution in [2.45, 2.75) is 193 Å². The Bertz CT molecular complexity index is 2330. The molecule has 456 valence electrons. The predicted molar refractivity (Wildman–Crippen MR) is 317 cm³/mol. The highest BCUT2D eigenvalue weighted by Crippen LogP contribution is 2.26. The van der Waals surface area contributed by atoms with Gasteiger partial charge in [-0.15, -0.1) is 0 Å². The molecule has 4 rings (SSSR count). The molecule has 0 radical (unpaired) electrons. The average molecular weight is 1150 g/mol. The maximum atomic E-state index is 11.9. The van der Waals surface area contributed by atoms with Crippen molar-refractivity contribution in [3.05, 3.63) is 95.1 Å². The highest BCUT2D eigenvalue weighted by Gasteiger charge is 2.20. The van der Waals surface area contributed by atoms with E-state index in [1.165, 1.54) is 43.5 Å². The summed E-state index contributed by atoms with van der Waals surface area (Å²) in [7, 11) is 0. The van der Waals surface area contributed by atoms with E-state index in [4.69, 9.17) is 20.4 Å². The number of para-hydroxylation sites is 1. The van der Waals surface area contributed by atoms with Gasteiger partial charge in [-0.2, -0.15) is 0 Å². The van der Waals surface area contributed by atoms with Crippen LogP contribution in [0.4, 0.5) is 0 Å². The van der Waals surface area contributed by atoms with Crippen LogP contribution in [0.25, 0.3) is 6.08 Å². The number of phenols is 3. The first kappa shape index (κ1) is 72.6. The van der Waals surface area contributed by atoms with Crippen molar-refractivity contribution < 1.29 is 74.1 Å². The molecular weight excluding hydrogens is 1050 g/mol. The number of carbonyl (C=O) groups is 8. The van der Waals surface area contributed by atoms with E-state index < -0.39 is 29.8 Å². The van der Waals surface area contributed by atoms with Gasteiger partial charge in [0.05, 0.1) is 0 Å². The molecule has 19 nitrogen and oxygen atoms in total. The third kappa shape index (κ3) is 39.0. The minimum Gasteiger partial charge on any atom is -0.507 e. The Labute approximate surface area is 484 Å². The normalized spacial score (nSPS) is 11.8. The smallest absolute Gasteiger partial charge is 0.303 e. The van der Waals surface area contributed by atoms with E-state index in [1.54, 1.807) is 30.3 Å². The molecule has 3 aromatic carbocycles. The summed E-state index contributed by atoms with van der Waals surface area (Å²) >= 11 is 0. The Morgan fingerprint density at radius 2 is 0.805 bits per heavy atom. The van der Waals surface area contributed by atoms with Crippen LogP contribution < -0.4 is 21.3 Å². The van der Waals surface area contributed by atoms with Gasteiger partial charge in [-0.25, -0.2) is 0 Å². The third-order valence-corrected chi connectivity index (χ3v) is 13.4. The summed E-state index contributed by atoms with van der Waals surface area (Å²) in [5.74, 6) is -3.52. The van der Waals surface area contributed by atoms with Crippen LogP contribution in [0.1, 0.15) is 218 Å². The van der Waals surface area contributed by atoms with Gasteiger partial charge in [0.15, 0.2) is 0 Å². The minimum atomic E-state index is -0.773. The third-order valence-electron chi connectivity index (χ3n) is 13.4. The molecule has 0 atom stereocenters. The molecule has 0 bridgehead atoms. The number of aryl methyl sites for hydroxylation is 1. The van der Waals surface area contributed by atoms with Crippen LogP contribution in [-0.2, 0) is 28.8 Å². The van der Waals surface area contributed by atoms with Gasteiger partial charge in [0.25, 0.3) is 11.8 Å². The van der Waals surface area contributed by atoms with Crippen molar-refractivity contribution in [1.29, 1.82) is 0 Å². The molecule has 1 saturated carbocycles. The molecule has 11 N–H and O–H groups in total. The Morgan fingerprint density at radius 3 is 1.26 bits per heavy atom. The zero-order valence-corrected chi connectivity index (χ0v) is 48.3. The van der Waals surface area contributed by atoms with Crippen LogP contribution >= 0.6 is 0 Å². The van der Waals surface area contributed by atoms with Gasteiger partial charge in [0.2, 0.25) is 11.8 Å². The van der Waals surface area contributed by atoms with Crippen LogP contribution in [0, 0.1) is 12.8 Å². The number of carbonyl (C=O) groups excluding carboxylic acids is 4. The van der Waals surface area contributed by atoms with E-state index in [0.717, 1.165) is 146 Å². The number of nitrogens with one attached hydrogen (secondary N) is 4. The van der Waals surface area contributed by atoms with Gasteiger partial charge >= 0.3 is 23.9 Å². The number of carboxylic acid groups (broad SMARTS) is 4. The summed E-state index contributed by atoms with van der Waals surface area (Å²) in [6.07, 6.45) is 27.9. The Kier molecular flexibility index (Phi) is 41.8. The SMILES string of the molecule is Cc1ccccc1C(=O)NCCCCCCCC(=O)O.O=C(O)CCCCCCCNC(=O)/C=C/c1ccccc1O.O=C(O)CCCCCCCNC(=O)C1CCCCC1.O=C(O)CCCCCCCNC(=O)c1c(O)cccc1O. The number of hydrogen-bond acceptors (Lipinski definition) is 11. The van der Waals surface area contributed by atoms with E-state index in [-0.39, 0.29) is 72.1 Å². The van der Waals surface area contributed by atoms with Gasteiger partial charge in [-0.05, 0) is 107 Å². The highest BCUT2D eigenvalue weighted by molar-refractivity contribution is 5.99. The Morgan fingerprint density at radius 1 is 0.427 bits per heavy atom. The number of unbranched alkanes of at least 4 members (excludes halogenated alkanes) is 16. The van der Waals surface area contributed by atoms with Crippen molar-refractivity contribution in [3.63, 3.8) is 0 Å². The first-order valence-corrected chi connectivity index (χ1v) is 29.4. The number of amides is 4. The number of rotatable bonds is 37. The molecule has 0 heterocycles. The summed E-state index contributed by atoms with van der Waals surface area (Å²) in [4.78, 5) is 88.4. The zero-order chi connectivity index (χ0) is 60.6. The fourth-order valence-electron chi connectivity index (χ4n) is 8.69. The topological polar surface area (TPSA) is 326 Å². The number of aromatic hydroxyl groups is 3.